The highest BCUT2D eigenvalue weighted by atomic mass is 19.3. The second kappa shape index (κ2) is 5.28. The van der Waals surface area contributed by atoms with Gasteiger partial charge >= 0.3 is 5.92 Å². The Morgan fingerprint density at radius 3 is 2.67 bits per heavy atom. The zero-order chi connectivity index (χ0) is 15.3. The fourth-order valence-electron chi connectivity index (χ4n) is 3.93. The van der Waals surface area contributed by atoms with Gasteiger partial charge < -0.3 is 14.2 Å². The van der Waals surface area contributed by atoms with Crippen molar-refractivity contribution < 1.29 is 23.0 Å². The molecule has 0 aromatic rings. The maximum atomic E-state index is 14.6. The van der Waals surface area contributed by atoms with Crippen LogP contribution in [0.25, 0.3) is 0 Å². The molecule has 0 aromatic heterocycles. The van der Waals surface area contributed by atoms with Crippen LogP contribution in [0.3, 0.4) is 0 Å². The van der Waals surface area contributed by atoms with Gasteiger partial charge in [-0.25, -0.2) is 8.78 Å². The summed E-state index contributed by atoms with van der Waals surface area (Å²) in [7, 11) is 0. The number of alkyl halides is 2. The molecular formula is C16H24F2O3. The monoisotopic (exact) mass is 302 g/mol. The number of fused-ring (bicyclic) bond motifs is 5. The van der Waals surface area contributed by atoms with E-state index in [0.717, 1.165) is 6.42 Å². The van der Waals surface area contributed by atoms with E-state index in [0.29, 0.717) is 13.0 Å². The maximum Gasteiger partial charge on any atom is 0.301 e. The van der Waals surface area contributed by atoms with Crippen molar-refractivity contribution >= 4 is 0 Å². The number of halogens is 2. The predicted molar refractivity (Wildman–Crippen MR) is 73.9 cm³/mol. The van der Waals surface area contributed by atoms with Gasteiger partial charge in [0.25, 0.3) is 0 Å². The summed E-state index contributed by atoms with van der Waals surface area (Å²) in [6, 6.07) is 0. The first-order valence-corrected chi connectivity index (χ1v) is 7.93. The minimum atomic E-state index is -3.00. The van der Waals surface area contributed by atoms with E-state index in [1.165, 1.54) is 6.92 Å². The van der Waals surface area contributed by atoms with E-state index < -0.39 is 18.0 Å². The van der Waals surface area contributed by atoms with Gasteiger partial charge in [0.2, 0.25) is 5.79 Å². The molecule has 120 valence electrons. The van der Waals surface area contributed by atoms with Crippen molar-refractivity contribution in [3.05, 3.63) is 12.2 Å². The highest BCUT2D eigenvalue weighted by molar-refractivity contribution is 5.17. The summed E-state index contributed by atoms with van der Waals surface area (Å²) in [5.74, 6) is -4.49. The molecule has 1 saturated heterocycles. The molecule has 6 atom stereocenters. The average Bonchev–Trinajstić information content (AvgIpc) is 3.00. The quantitative estimate of drug-likeness (QED) is 0.572. The Balaban J connectivity index is 1.79. The summed E-state index contributed by atoms with van der Waals surface area (Å²) in [4.78, 5) is 0. The molecule has 2 bridgehead atoms. The lowest BCUT2D eigenvalue weighted by Crippen LogP contribution is -2.60. The molecule has 21 heavy (non-hydrogen) atoms. The normalized spacial score (nSPS) is 44.8. The van der Waals surface area contributed by atoms with E-state index in [2.05, 4.69) is 12.2 Å². The van der Waals surface area contributed by atoms with Crippen LogP contribution in [0.15, 0.2) is 12.2 Å². The zero-order valence-electron chi connectivity index (χ0n) is 12.9. The second-order valence-electron chi connectivity index (χ2n) is 6.46. The Morgan fingerprint density at radius 1 is 1.29 bits per heavy atom. The van der Waals surface area contributed by atoms with Crippen molar-refractivity contribution in [3.8, 4) is 0 Å². The highest BCUT2D eigenvalue weighted by Gasteiger charge is 2.64. The summed E-state index contributed by atoms with van der Waals surface area (Å²) in [5.41, 5.74) is 0. The summed E-state index contributed by atoms with van der Waals surface area (Å²) >= 11 is 0. The van der Waals surface area contributed by atoms with Gasteiger partial charge in [-0.05, 0) is 38.5 Å². The van der Waals surface area contributed by atoms with Crippen LogP contribution in [-0.4, -0.2) is 30.7 Å². The highest BCUT2D eigenvalue weighted by Crippen LogP contribution is 2.56. The third-order valence-electron chi connectivity index (χ3n) is 5.10. The van der Waals surface area contributed by atoms with Crippen molar-refractivity contribution in [1.82, 2.24) is 0 Å². The Labute approximate surface area is 124 Å². The fourth-order valence-corrected chi connectivity index (χ4v) is 3.93. The minimum absolute atomic E-state index is 0.0844. The fraction of sp³-hybridized carbons (Fsp3) is 0.875. The van der Waals surface area contributed by atoms with Gasteiger partial charge in [0.05, 0.1) is 6.10 Å². The Morgan fingerprint density at radius 2 is 2.00 bits per heavy atom. The molecule has 1 aliphatic heterocycles. The van der Waals surface area contributed by atoms with Crippen molar-refractivity contribution in [2.45, 2.75) is 64.1 Å². The van der Waals surface area contributed by atoms with Gasteiger partial charge in [-0.2, -0.15) is 0 Å². The molecule has 5 heteroatoms. The van der Waals surface area contributed by atoms with Crippen LogP contribution >= 0.6 is 0 Å². The van der Waals surface area contributed by atoms with Crippen LogP contribution in [0.1, 0.15) is 40.0 Å². The summed E-state index contributed by atoms with van der Waals surface area (Å²) in [6.07, 6.45) is 4.66. The number of allylic oxidation sites excluding steroid dienone is 1. The molecule has 3 nitrogen and oxygen atoms in total. The summed E-state index contributed by atoms with van der Waals surface area (Å²) in [5, 5.41) is 0. The lowest BCUT2D eigenvalue weighted by atomic mass is 9.81. The molecule has 3 aliphatic rings. The largest absolute Gasteiger partial charge is 0.353 e. The molecule has 0 amide bonds. The molecule has 0 N–H and O–H groups in total. The van der Waals surface area contributed by atoms with E-state index in [1.54, 1.807) is 0 Å². The molecule has 6 unspecified atom stereocenters. The van der Waals surface area contributed by atoms with Crippen LogP contribution in [0.5, 0.6) is 0 Å². The lowest BCUT2D eigenvalue weighted by molar-refractivity contribution is -0.409. The smallest absolute Gasteiger partial charge is 0.301 e. The van der Waals surface area contributed by atoms with E-state index in [4.69, 9.17) is 14.2 Å². The number of hydrogen-bond donors (Lipinski definition) is 0. The topological polar surface area (TPSA) is 27.7 Å². The Kier molecular flexibility index (Phi) is 3.87. The second-order valence-corrected chi connectivity index (χ2v) is 6.46. The molecule has 2 aliphatic carbocycles. The molecular weight excluding hydrogens is 278 g/mol. The van der Waals surface area contributed by atoms with Gasteiger partial charge in [-0.15, -0.1) is 0 Å². The van der Waals surface area contributed by atoms with Gasteiger partial charge in [0.1, 0.15) is 0 Å². The van der Waals surface area contributed by atoms with Crippen LogP contribution in [0.4, 0.5) is 8.78 Å². The van der Waals surface area contributed by atoms with Crippen molar-refractivity contribution in [2.24, 2.45) is 17.8 Å². The van der Waals surface area contributed by atoms with E-state index >= 15 is 0 Å². The van der Waals surface area contributed by atoms with E-state index in [1.807, 2.05) is 13.8 Å². The molecule has 2 fully saturated rings. The maximum absolute atomic E-state index is 14.6. The Hall–Kier alpha value is -0.520. The minimum Gasteiger partial charge on any atom is -0.353 e. The third-order valence-corrected chi connectivity index (χ3v) is 5.10. The number of hydrogen-bond acceptors (Lipinski definition) is 3. The Bertz CT molecular complexity index is 426. The number of rotatable bonds is 5. The molecule has 0 radical (unpaired) electrons. The molecule has 0 aromatic carbocycles. The summed E-state index contributed by atoms with van der Waals surface area (Å²) < 4.78 is 46.0. The zero-order valence-corrected chi connectivity index (χ0v) is 12.9. The van der Waals surface area contributed by atoms with Crippen molar-refractivity contribution in [2.75, 3.05) is 6.61 Å². The summed E-state index contributed by atoms with van der Waals surface area (Å²) in [6.45, 7) is 5.47. The van der Waals surface area contributed by atoms with Crippen LogP contribution in [0.2, 0.25) is 0 Å². The predicted octanol–water partition coefficient (Wildman–Crippen LogP) is 3.74. The van der Waals surface area contributed by atoms with Crippen molar-refractivity contribution in [1.29, 1.82) is 0 Å². The molecule has 1 saturated carbocycles. The first-order valence-electron chi connectivity index (χ1n) is 7.93. The van der Waals surface area contributed by atoms with Crippen molar-refractivity contribution in [3.63, 3.8) is 0 Å². The first kappa shape index (κ1) is 15.4. The molecule has 3 rings (SSSR count). The SMILES string of the molecule is CCOC(CC)OC1(C)OC2C3C=CC(C3)C2CC1(F)F. The van der Waals surface area contributed by atoms with Crippen LogP contribution < -0.4 is 0 Å². The van der Waals surface area contributed by atoms with E-state index in [-0.39, 0.29) is 30.3 Å². The van der Waals surface area contributed by atoms with Gasteiger partial charge in [0.15, 0.2) is 6.29 Å². The standard InChI is InChI=1S/C16H24F2O3/c1-4-13(19-5-2)20-15(3)16(17,18)9-12-10-6-7-11(8-10)14(12)21-15/h6-7,10-14H,4-5,8-9H2,1-3H3. The van der Waals surface area contributed by atoms with Gasteiger partial charge in [-0.1, -0.05) is 19.1 Å². The van der Waals surface area contributed by atoms with E-state index in [9.17, 15) is 8.78 Å². The molecule has 0 spiro atoms. The third kappa shape index (κ3) is 2.43. The lowest BCUT2D eigenvalue weighted by Gasteiger charge is -2.48. The number of ether oxygens (including phenoxy) is 3. The van der Waals surface area contributed by atoms with Gasteiger partial charge in [-0.3, -0.25) is 0 Å². The molecule has 1 heterocycles. The van der Waals surface area contributed by atoms with Crippen LogP contribution in [0, 0.1) is 17.8 Å². The van der Waals surface area contributed by atoms with Crippen LogP contribution in [-0.2, 0) is 14.2 Å². The average molecular weight is 302 g/mol. The first-order chi connectivity index (χ1) is 9.90. The van der Waals surface area contributed by atoms with Gasteiger partial charge in [0, 0.05) is 18.9 Å².